The quantitative estimate of drug-likeness (QED) is 0.355. The second kappa shape index (κ2) is 6.63. The summed E-state index contributed by atoms with van der Waals surface area (Å²) >= 11 is 0. The Bertz CT molecular complexity index is 150. The van der Waals surface area contributed by atoms with Gasteiger partial charge in [-0.25, -0.2) is 4.79 Å². The summed E-state index contributed by atoms with van der Waals surface area (Å²) in [4.78, 5) is 10.8. The van der Waals surface area contributed by atoms with Gasteiger partial charge in [0.15, 0.2) is 0 Å². The van der Waals surface area contributed by atoms with Gasteiger partial charge in [-0.15, -0.1) is 0 Å². The molecular formula is C7H14N2O3. The molecule has 0 rings (SSSR count). The monoisotopic (exact) mass is 174 g/mol. The lowest BCUT2D eigenvalue weighted by Crippen LogP contribution is -2.33. The molecule has 0 saturated heterocycles. The molecular weight excluding hydrogens is 160 g/mol. The van der Waals surface area contributed by atoms with Crippen LogP contribution in [-0.4, -0.2) is 43.1 Å². The Morgan fingerprint density at radius 3 is 3.00 bits per heavy atom. The zero-order valence-electron chi connectivity index (χ0n) is 7.12. The number of likely N-dealkylation sites (N-methyl/N-ethyl adjacent to an activating group) is 1. The predicted molar refractivity (Wildman–Crippen MR) is 44.0 cm³/mol. The molecule has 0 aliphatic heterocycles. The number of hydrogen-bond donors (Lipinski definition) is 2. The van der Waals surface area contributed by atoms with E-state index in [2.05, 4.69) is 16.6 Å². The third kappa shape index (κ3) is 4.70. The first-order chi connectivity index (χ1) is 5.72. The highest BCUT2D eigenvalue weighted by molar-refractivity contribution is 5.66. The van der Waals surface area contributed by atoms with Gasteiger partial charge in [-0.05, 0) is 7.05 Å². The highest BCUT2D eigenvalue weighted by atomic mass is 16.6. The molecule has 0 radical (unpaired) electrons. The molecule has 0 saturated carbocycles. The summed E-state index contributed by atoms with van der Waals surface area (Å²) in [5.74, 6) is 0. The normalized spacial score (nSPS) is 9.17. The molecule has 0 bridgehead atoms. The van der Waals surface area contributed by atoms with Crippen molar-refractivity contribution >= 4 is 6.09 Å². The summed E-state index contributed by atoms with van der Waals surface area (Å²) in [5.41, 5.74) is 0. The maximum absolute atomic E-state index is 10.8. The lowest BCUT2D eigenvalue weighted by atomic mass is 10.6. The van der Waals surface area contributed by atoms with Crippen LogP contribution >= 0.6 is 0 Å². The molecule has 1 amide bonds. The van der Waals surface area contributed by atoms with Crippen molar-refractivity contribution in [3.63, 3.8) is 0 Å². The van der Waals surface area contributed by atoms with Crippen molar-refractivity contribution in [2.45, 2.75) is 0 Å². The van der Waals surface area contributed by atoms with Crippen LogP contribution in [0.5, 0.6) is 0 Å². The van der Waals surface area contributed by atoms with Crippen LogP contribution < -0.4 is 5.32 Å². The fourth-order valence-electron chi connectivity index (χ4n) is 0.514. The number of ether oxygens (including phenoxy) is 1. The van der Waals surface area contributed by atoms with E-state index in [9.17, 15) is 4.79 Å². The number of amides is 1. The number of carbonyl (C=O) groups is 1. The molecule has 2 N–H and O–H groups in total. The van der Waals surface area contributed by atoms with Crippen molar-refractivity contribution in [3.05, 3.63) is 12.7 Å². The summed E-state index contributed by atoms with van der Waals surface area (Å²) in [6.07, 6.45) is 0.675. The van der Waals surface area contributed by atoms with E-state index in [0.717, 1.165) is 0 Å². The minimum atomic E-state index is -0.759. The molecule has 12 heavy (non-hydrogen) atoms. The number of carbonyl (C=O) groups excluding carboxylic acids is 1. The first-order valence-electron chi connectivity index (χ1n) is 3.61. The highest BCUT2D eigenvalue weighted by Gasteiger charge is 2.09. The largest absolute Gasteiger partial charge is 0.444 e. The number of hydroxylamine groups is 2. The third-order valence-electron chi connectivity index (χ3n) is 1.11. The number of nitrogens with one attached hydrogen (secondary N) is 1. The maximum Gasteiger partial charge on any atom is 0.434 e. The van der Waals surface area contributed by atoms with E-state index in [4.69, 9.17) is 5.21 Å². The summed E-state index contributed by atoms with van der Waals surface area (Å²) in [7, 11) is 1.73. The zero-order valence-corrected chi connectivity index (χ0v) is 7.12. The van der Waals surface area contributed by atoms with Crippen molar-refractivity contribution in [2.75, 3.05) is 26.7 Å². The van der Waals surface area contributed by atoms with Crippen molar-refractivity contribution in [1.29, 1.82) is 0 Å². The van der Waals surface area contributed by atoms with Gasteiger partial charge < -0.3 is 10.1 Å². The van der Waals surface area contributed by atoms with Crippen LogP contribution in [0.2, 0.25) is 0 Å². The van der Waals surface area contributed by atoms with Crippen molar-refractivity contribution in [1.82, 2.24) is 10.4 Å². The van der Waals surface area contributed by atoms with Crippen LogP contribution in [0.15, 0.2) is 12.7 Å². The van der Waals surface area contributed by atoms with Gasteiger partial charge in [-0.1, -0.05) is 12.7 Å². The van der Waals surface area contributed by atoms with Crippen LogP contribution in [0.3, 0.4) is 0 Å². The predicted octanol–water partition coefficient (Wildman–Crippen LogP) is 0.220. The van der Waals surface area contributed by atoms with Gasteiger partial charge in [-0.3, -0.25) is 5.21 Å². The molecule has 0 spiro atoms. The Labute approximate surface area is 71.6 Å². The van der Waals surface area contributed by atoms with E-state index < -0.39 is 6.09 Å². The summed E-state index contributed by atoms with van der Waals surface area (Å²) in [5, 5.41) is 12.3. The van der Waals surface area contributed by atoms with Gasteiger partial charge in [0.1, 0.15) is 6.61 Å². The zero-order chi connectivity index (χ0) is 9.40. The second-order valence-corrected chi connectivity index (χ2v) is 2.09. The molecule has 0 aromatic rings. The van der Waals surface area contributed by atoms with Gasteiger partial charge in [-0.2, -0.15) is 5.06 Å². The Balaban J connectivity index is 3.53. The Kier molecular flexibility index (Phi) is 6.04. The van der Waals surface area contributed by atoms with E-state index in [1.165, 1.54) is 6.08 Å². The molecule has 70 valence electrons. The Morgan fingerprint density at radius 2 is 2.50 bits per heavy atom. The summed E-state index contributed by atoms with van der Waals surface area (Å²) < 4.78 is 4.54. The molecule has 0 aromatic heterocycles. The van der Waals surface area contributed by atoms with Crippen molar-refractivity contribution in [3.8, 4) is 0 Å². The fourth-order valence-corrected chi connectivity index (χ4v) is 0.514. The van der Waals surface area contributed by atoms with E-state index >= 15 is 0 Å². The molecule has 0 aromatic carbocycles. The van der Waals surface area contributed by atoms with Gasteiger partial charge in [0, 0.05) is 6.54 Å². The first kappa shape index (κ1) is 10.9. The first-order valence-corrected chi connectivity index (χ1v) is 3.61. The van der Waals surface area contributed by atoms with Gasteiger partial charge in [0.05, 0.1) is 6.54 Å². The summed E-state index contributed by atoms with van der Waals surface area (Å²) in [6, 6.07) is 0. The molecule has 0 heterocycles. The van der Waals surface area contributed by atoms with Crippen LogP contribution in [0.4, 0.5) is 4.79 Å². The van der Waals surface area contributed by atoms with Gasteiger partial charge in [0.25, 0.3) is 0 Å². The standard InChI is InChI=1S/C7H14N2O3/c1-3-6-12-7(10)9(11)5-4-8-2/h3,8,11H,1,4-6H2,2H3. The SMILES string of the molecule is C=CCOC(=O)N(O)CCNC. The maximum atomic E-state index is 10.8. The molecule has 0 unspecified atom stereocenters. The second-order valence-electron chi connectivity index (χ2n) is 2.09. The van der Waals surface area contributed by atoms with Gasteiger partial charge >= 0.3 is 6.09 Å². The van der Waals surface area contributed by atoms with Crippen molar-refractivity contribution < 1.29 is 14.7 Å². The molecule has 0 fully saturated rings. The minimum absolute atomic E-state index is 0.107. The summed E-state index contributed by atoms with van der Waals surface area (Å²) in [6.45, 7) is 4.19. The number of nitrogens with zero attached hydrogens (tertiary/aromatic N) is 1. The molecule has 0 aliphatic carbocycles. The minimum Gasteiger partial charge on any atom is -0.444 e. The smallest absolute Gasteiger partial charge is 0.434 e. The highest BCUT2D eigenvalue weighted by Crippen LogP contribution is 1.88. The Hall–Kier alpha value is -1.07. The van der Waals surface area contributed by atoms with Crippen LogP contribution in [-0.2, 0) is 4.74 Å². The number of rotatable bonds is 5. The average Bonchev–Trinajstić information content (AvgIpc) is 2.10. The van der Waals surface area contributed by atoms with Crippen LogP contribution in [0.25, 0.3) is 0 Å². The van der Waals surface area contributed by atoms with E-state index in [1.807, 2.05) is 0 Å². The van der Waals surface area contributed by atoms with E-state index in [-0.39, 0.29) is 13.2 Å². The van der Waals surface area contributed by atoms with E-state index in [1.54, 1.807) is 7.05 Å². The fraction of sp³-hybridized carbons (Fsp3) is 0.571. The van der Waals surface area contributed by atoms with Crippen LogP contribution in [0, 0.1) is 0 Å². The topological polar surface area (TPSA) is 61.8 Å². The van der Waals surface area contributed by atoms with Crippen molar-refractivity contribution in [2.24, 2.45) is 0 Å². The lowest BCUT2D eigenvalue weighted by molar-refractivity contribution is -0.0704. The molecule has 5 heteroatoms. The van der Waals surface area contributed by atoms with Gasteiger partial charge in [0.2, 0.25) is 0 Å². The average molecular weight is 174 g/mol. The molecule has 0 aliphatic rings. The number of hydrogen-bond acceptors (Lipinski definition) is 4. The van der Waals surface area contributed by atoms with Crippen LogP contribution in [0.1, 0.15) is 0 Å². The molecule has 0 atom stereocenters. The Morgan fingerprint density at radius 1 is 1.83 bits per heavy atom. The molecule has 5 nitrogen and oxygen atoms in total. The lowest BCUT2D eigenvalue weighted by Gasteiger charge is -2.13. The third-order valence-corrected chi connectivity index (χ3v) is 1.11. The van der Waals surface area contributed by atoms with E-state index in [0.29, 0.717) is 11.6 Å².